The minimum absolute atomic E-state index is 0.0660. The molecule has 0 heterocycles. The van der Waals surface area contributed by atoms with Gasteiger partial charge in [0, 0.05) is 12.3 Å². The van der Waals surface area contributed by atoms with Gasteiger partial charge >= 0.3 is 6.09 Å². The van der Waals surface area contributed by atoms with Gasteiger partial charge in [0.15, 0.2) is 0 Å². The summed E-state index contributed by atoms with van der Waals surface area (Å²) in [6.07, 6.45) is 0.0384. The average Bonchev–Trinajstić information content (AvgIpc) is 2.88. The second-order valence-electron chi connectivity index (χ2n) is 6.09. The Morgan fingerprint density at radius 1 is 1.47 bits per heavy atom. The number of hydrogen-bond acceptors (Lipinski definition) is 5. The number of nitrogens with two attached hydrogens (primary N) is 1. The standard InChI is InChI=1S/C12H24N2O4S/c1-5-19(16,17)7-9-6-12(9,8-13)14-10(15)18-11(2,3)4/h9H,5-8,13H2,1-4H3,(H,14,15)/t9-,12-/m0/s1. The van der Waals surface area contributed by atoms with Crippen LogP contribution in [0, 0.1) is 5.92 Å². The molecule has 112 valence electrons. The Morgan fingerprint density at radius 2 is 2.05 bits per heavy atom. The summed E-state index contributed by atoms with van der Waals surface area (Å²) in [5, 5.41) is 2.72. The third kappa shape index (κ3) is 4.65. The van der Waals surface area contributed by atoms with Crippen molar-refractivity contribution in [1.29, 1.82) is 0 Å². The molecular weight excluding hydrogens is 268 g/mol. The van der Waals surface area contributed by atoms with Gasteiger partial charge in [0.2, 0.25) is 0 Å². The molecule has 0 bridgehead atoms. The Morgan fingerprint density at radius 3 is 2.47 bits per heavy atom. The molecule has 0 aromatic carbocycles. The summed E-state index contributed by atoms with van der Waals surface area (Å²) in [6.45, 7) is 7.15. The highest BCUT2D eigenvalue weighted by Crippen LogP contribution is 2.43. The zero-order valence-corrected chi connectivity index (χ0v) is 12.8. The lowest BCUT2D eigenvalue weighted by Gasteiger charge is -2.23. The fourth-order valence-electron chi connectivity index (χ4n) is 1.98. The zero-order valence-electron chi connectivity index (χ0n) is 12.0. The van der Waals surface area contributed by atoms with Crippen LogP contribution in [0.5, 0.6) is 0 Å². The molecule has 1 rings (SSSR count). The molecule has 3 N–H and O–H groups in total. The van der Waals surface area contributed by atoms with Crippen molar-refractivity contribution in [3.63, 3.8) is 0 Å². The predicted octanol–water partition coefficient (Wildman–Crippen LogP) is 0.663. The van der Waals surface area contributed by atoms with E-state index in [1.165, 1.54) is 0 Å². The van der Waals surface area contributed by atoms with Crippen LogP contribution in [0.3, 0.4) is 0 Å². The van der Waals surface area contributed by atoms with Crippen molar-refractivity contribution in [3.8, 4) is 0 Å². The van der Waals surface area contributed by atoms with E-state index in [2.05, 4.69) is 5.32 Å². The first-order chi connectivity index (χ1) is 8.53. The van der Waals surface area contributed by atoms with Crippen molar-refractivity contribution in [3.05, 3.63) is 0 Å². The number of nitrogens with one attached hydrogen (secondary N) is 1. The number of carbonyl (C=O) groups is 1. The van der Waals surface area contributed by atoms with E-state index in [4.69, 9.17) is 10.5 Å². The van der Waals surface area contributed by atoms with E-state index >= 15 is 0 Å². The van der Waals surface area contributed by atoms with Crippen LogP contribution in [0.2, 0.25) is 0 Å². The van der Waals surface area contributed by atoms with Gasteiger partial charge < -0.3 is 15.8 Å². The highest BCUT2D eigenvalue weighted by molar-refractivity contribution is 7.91. The lowest BCUT2D eigenvalue weighted by Crippen LogP contribution is -2.47. The van der Waals surface area contributed by atoms with Gasteiger partial charge in [-0.2, -0.15) is 0 Å². The maximum atomic E-state index is 11.7. The summed E-state index contributed by atoms with van der Waals surface area (Å²) in [5.74, 6) is 0.0579. The van der Waals surface area contributed by atoms with E-state index in [9.17, 15) is 13.2 Å². The molecule has 1 aliphatic carbocycles. The second kappa shape index (κ2) is 5.28. The van der Waals surface area contributed by atoms with Crippen molar-refractivity contribution >= 4 is 15.9 Å². The maximum absolute atomic E-state index is 11.7. The topological polar surface area (TPSA) is 98.5 Å². The summed E-state index contributed by atoms with van der Waals surface area (Å²) in [4.78, 5) is 11.7. The van der Waals surface area contributed by atoms with Gasteiger partial charge in [-0.3, -0.25) is 0 Å². The Hall–Kier alpha value is -0.820. The molecule has 1 fully saturated rings. The van der Waals surface area contributed by atoms with Crippen molar-refractivity contribution in [2.75, 3.05) is 18.1 Å². The van der Waals surface area contributed by atoms with Gasteiger partial charge in [0.1, 0.15) is 15.4 Å². The first kappa shape index (κ1) is 16.2. The number of carbonyl (C=O) groups excluding carboxylic acids is 1. The molecular formula is C12H24N2O4S. The van der Waals surface area contributed by atoms with E-state index in [0.717, 1.165) is 0 Å². The summed E-state index contributed by atoms with van der Waals surface area (Å²) in [7, 11) is -3.06. The summed E-state index contributed by atoms with van der Waals surface area (Å²) < 4.78 is 28.3. The third-order valence-electron chi connectivity index (χ3n) is 3.24. The van der Waals surface area contributed by atoms with Gasteiger partial charge in [-0.15, -0.1) is 0 Å². The van der Waals surface area contributed by atoms with Crippen LogP contribution in [0.4, 0.5) is 4.79 Å². The number of amides is 1. The molecule has 1 aliphatic rings. The number of sulfone groups is 1. The molecule has 0 aromatic rings. The molecule has 1 amide bonds. The van der Waals surface area contributed by atoms with Gasteiger partial charge in [-0.25, -0.2) is 13.2 Å². The fourth-order valence-corrected chi connectivity index (χ4v) is 3.27. The van der Waals surface area contributed by atoms with Crippen LogP contribution in [0.1, 0.15) is 34.1 Å². The van der Waals surface area contributed by atoms with Crippen molar-refractivity contribution in [1.82, 2.24) is 5.32 Å². The second-order valence-corrected chi connectivity index (χ2v) is 8.48. The van der Waals surface area contributed by atoms with Crippen LogP contribution in [0.25, 0.3) is 0 Å². The first-order valence-electron chi connectivity index (χ1n) is 6.45. The highest BCUT2D eigenvalue weighted by Gasteiger charge is 2.56. The summed E-state index contributed by atoms with van der Waals surface area (Å²) in [6, 6.07) is 0. The van der Waals surface area contributed by atoms with E-state index in [-0.39, 0.29) is 24.0 Å². The van der Waals surface area contributed by atoms with Crippen LogP contribution in [0.15, 0.2) is 0 Å². The van der Waals surface area contributed by atoms with Crippen LogP contribution in [-0.4, -0.2) is 43.7 Å². The SMILES string of the molecule is CCS(=O)(=O)C[C@@H]1C[C@@]1(CN)NC(=O)OC(C)(C)C. The van der Waals surface area contributed by atoms with Gasteiger partial charge in [-0.05, 0) is 33.1 Å². The Kier molecular flexibility index (Phi) is 4.51. The molecule has 0 saturated heterocycles. The maximum Gasteiger partial charge on any atom is 0.408 e. The summed E-state index contributed by atoms with van der Waals surface area (Å²) >= 11 is 0. The van der Waals surface area contributed by atoms with Crippen molar-refractivity contribution in [2.24, 2.45) is 11.7 Å². The smallest absolute Gasteiger partial charge is 0.408 e. The monoisotopic (exact) mass is 292 g/mol. The average molecular weight is 292 g/mol. The lowest BCUT2D eigenvalue weighted by atomic mass is 10.2. The number of alkyl carbamates (subject to hydrolysis) is 1. The van der Waals surface area contributed by atoms with E-state index in [1.54, 1.807) is 27.7 Å². The first-order valence-corrected chi connectivity index (χ1v) is 8.27. The molecule has 7 heteroatoms. The van der Waals surface area contributed by atoms with E-state index in [1.807, 2.05) is 0 Å². The van der Waals surface area contributed by atoms with Crippen molar-refractivity contribution < 1.29 is 17.9 Å². The zero-order chi connectivity index (χ0) is 14.9. The van der Waals surface area contributed by atoms with E-state index < -0.39 is 27.1 Å². The molecule has 19 heavy (non-hydrogen) atoms. The third-order valence-corrected chi connectivity index (χ3v) is 5.03. The molecule has 0 unspecified atom stereocenters. The largest absolute Gasteiger partial charge is 0.444 e. The molecule has 2 atom stereocenters. The van der Waals surface area contributed by atoms with Crippen LogP contribution >= 0.6 is 0 Å². The molecule has 6 nitrogen and oxygen atoms in total. The van der Waals surface area contributed by atoms with Crippen LogP contribution < -0.4 is 11.1 Å². The van der Waals surface area contributed by atoms with Gasteiger partial charge in [0.25, 0.3) is 0 Å². The molecule has 0 radical (unpaired) electrons. The normalized spacial score (nSPS) is 26.9. The Balaban J connectivity index is 2.59. The molecule has 1 saturated carbocycles. The van der Waals surface area contributed by atoms with E-state index in [0.29, 0.717) is 6.42 Å². The molecule has 0 aliphatic heterocycles. The highest BCUT2D eigenvalue weighted by atomic mass is 32.2. The van der Waals surface area contributed by atoms with Gasteiger partial charge in [0.05, 0.1) is 11.3 Å². The number of hydrogen-bond donors (Lipinski definition) is 2. The van der Waals surface area contributed by atoms with Crippen molar-refractivity contribution in [2.45, 2.75) is 45.3 Å². The lowest BCUT2D eigenvalue weighted by molar-refractivity contribution is 0.0494. The number of ether oxygens (including phenoxy) is 1. The fraction of sp³-hybridized carbons (Fsp3) is 0.917. The molecule has 0 spiro atoms. The number of rotatable bonds is 5. The summed E-state index contributed by atoms with van der Waals surface area (Å²) in [5.41, 5.74) is 4.46. The minimum atomic E-state index is -3.06. The Labute approximate surface area is 115 Å². The van der Waals surface area contributed by atoms with Gasteiger partial charge in [-0.1, -0.05) is 6.92 Å². The quantitative estimate of drug-likeness (QED) is 0.775. The predicted molar refractivity (Wildman–Crippen MR) is 73.6 cm³/mol. The van der Waals surface area contributed by atoms with Crippen LogP contribution in [-0.2, 0) is 14.6 Å². The molecule has 0 aromatic heterocycles. The Bertz CT molecular complexity index is 441. The minimum Gasteiger partial charge on any atom is -0.444 e.